The lowest BCUT2D eigenvalue weighted by Gasteiger charge is -2.04. The third-order valence-corrected chi connectivity index (χ3v) is 5.86. The molecule has 190 valence electrons. The van der Waals surface area contributed by atoms with Gasteiger partial charge in [0, 0.05) is 44.9 Å². The molecule has 5 nitrogen and oxygen atoms in total. The molecule has 1 aromatic carbocycles. The molecule has 0 spiro atoms. The maximum Gasteiger partial charge on any atom is 0.0967 e. The number of aryl methyl sites for hydroxylation is 6. The van der Waals surface area contributed by atoms with E-state index < -0.39 is 0 Å². The van der Waals surface area contributed by atoms with Gasteiger partial charge >= 0.3 is 0 Å². The minimum Gasteiger partial charge on any atom is -0.258 e. The number of benzene rings is 1. The van der Waals surface area contributed by atoms with Crippen molar-refractivity contribution in [3.8, 4) is 11.4 Å². The van der Waals surface area contributed by atoms with Crippen LogP contribution >= 0.6 is 0 Å². The van der Waals surface area contributed by atoms with Gasteiger partial charge in [0.25, 0.3) is 0 Å². The Balaban J connectivity index is 0.000000140. The van der Waals surface area contributed by atoms with Crippen molar-refractivity contribution in [2.45, 2.75) is 41.5 Å². The number of hydrogen-bond donors (Lipinski definition) is 0. The summed E-state index contributed by atoms with van der Waals surface area (Å²) in [6, 6.07) is 30.4. The SMILES string of the molecule is Cc1ccc2ccc3ccc(C)nc3c2n1.Cc1cccc(-c2cccc(C)n2)n1.Cc1cccc(C)n1. The summed E-state index contributed by atoms with van der Waals surface area (Å²) >= 11 is 0. The van der Waals surface area contributed by atoms with Crippen LogP contribution in [-0.2, 0) is 0 Å². The molecule has 5 heterocycles. The van der Waals surface area contributed by atoms with Gasteiger partial charge in [-0.15, -0.1) is 0 Å². The number of pyridine rings is 5. The van der Waals surface area contributed by atoms with Crippen LogP contribution < -0.4 is 0 Å². The number of fused-ring (bicyclic) bond motifs is 3. The number of aromatic nitrogens is 5. The fourth-order valence-electron chi connectivity index (χ4n) is 4.01. The van der Waals surface area contributed by atoms with Gasteiger partial charge in [-0.25, -0.2) is 0 Å². The van der Waals surface area contributed by atoms with E-state index in [1.165, 1.54) is 0 Å². The van der Waals surface area contributed by atoms with Crippen molar-refractivity contribution in [1.29, 1.82) is 0 Å². The Morgan fingerprint density at radius 3 is 0.974 bits per heavy atom. The molecule has 0 N–H and O–H groups in total. The summed E-state index contributed by atoms with van der Waals surface area (Å²) < 4.78 is 0. The third-order valence-electron chi connectivity index (χ3n) is 5.86. The molecule has 5 aromatic heterocycles. The van der Waals surface area contributed by atoms with Gasteiger partial charge in [0.1, 0.15) is 0 Å². The summed E-state index contributed by atoms with van der Waals surface area (Å²) in [4.78, 5) is 22.2. The van der Waals surface area contributed by atoms with E-state index >= 15 is 0 Å². The summed E-state index contributed by atoms with van der Waals surface area (Å²) in [5.74, 6) is 0. The molecule has 0 radical (unpaired) electrons. The standard InChI is InChI=1S/C14H12N2.C12H12N2.C7H9N/c1-9-3-5-11-7-8-12-6-4-10(2)16-14(12)13(11)15-9;1-9-5-3-7-11(13-9)12-8-4-6-10(2)14-12;1-6-4-3-5-7(2)8-6/h3-8H,1-2H3;3-8H,1-2H3;3-5H,1-2H3. The molecule has 6 rings (SSSR count). The Morgan fingerprint density at radius 1 is 0.316 bits per heavy atom. The van der Waals surface area contributed by atoms with Crippen LogP contribution in [0.15, 0.2) is 91.0 Å². The molecule has 6 aromatic rings. The average molecular weight is 500 g/mol. The molecule has 0 saturated carbocycles. The normalized spacial score (nSPS) is 10.4. The second-order valence-corrected chi connectivity index (χ2v) is 9.36. The number of nitrogens with zero attached hydrogens (tertiary/aromatic N) is 5. The van der Waals surface area contributed by atoms with Crippen molar-refractivity contribution in [2.24, 2.45) is 0 Å². The maximum absolute atomic E-state index is 4.58. The first-order valence-corrected chi connectivity index (χ1v) is 12.7. The smallest absolute Gasteiger partial charge is 0.0967 e. The first-order chi connectivity index (χ1) is 18.3. The van der Waals surface area contributed by atoms with Gasteiger partial charge in [-0.2, -0.15) is 0 Å². The predicted molar refractivity (Wildman–Crippen MR) is 157 cm³/mol. The topological polar surface area (TPSA) is 64.5 Å². The van der Waals surface area contributed by atoms with Crippen LogP contribution in [0.5, 0.6) is 0 Å². The second kappa shape index (κ2) is 12.2. The van der Waals surface area contributed by atoms with E-state index in [1.807, 2.05) is 108 Å². The van der Waals surface area contributed by atoms with E-state index in [9.17, 15) is 0 Å². The summed E-state index contributed by atoms with van der Waals surface area (Å²) in [5.41, 5.74) is 10.2. The number of hydrogen-bond acceptors (Lipinski definition) is 5. The molecule has 0 atom stereocenters. The summed E-state index contributed by atoms with van der Waals surface area (Å²) in [7, 11) is 0. The van der Waals surface area contributed by atoms with Crippen LogP contribution in [0.4, 0.5) is 0 Å². The monoisotopic (exact) mass is 499 g/mol. The lowest BCUT2D eigenvalue weighted by molar-refractivity contribution is 1.12. The summed E-state index contributed by atoms with van der Waals surface area (Å²) in [6.45, 7) is 12.0. The van der Waals surface area contributed by atoms with Crippen molar-refractivity contribution < 1.29 is 0 Å². The Bertz CT molecular complexity index is 1570. The Kier molecular flexibility index (Phi) is 8.49. The van der Waals surface area contributed by atoms with Gasteiger partial charge in [-0.05, 0) is 90.1 Å². The van der Waals surface area contributed by atoms with Crippen molar-refractivity contribution in [3.05, 3.63) is 125 Å². The van der Waals surface area contributed by atoms with Crippen LogP contribution in [0.1, 0.15) is 34.2 Å². The zero-order valence-corrected chi connectivity index (χ0v) is 22.9. The quantitative estimate of drug-likeness (QED) is 0.215. The Morgan fingerprint density at radius 2 is 0.632 bits per heavy atom. The van der Waals surface area contributed by atoms with Crippen LogP contribution in [0.2, 0.25) is 0 Å². The molecule has 0 unspecified atom stereocenters. The van der Waals surface area contributed by atoms with E-state index in [0.717, 1.165) is 67.4 Å². The highest BCUT2D eigenvalue weighted by Gasteiger charge is 2.03. The Labute approximate surface area is 224 Å². The van der Waals surface area contributed by atoms with E-state index in [-0.39, 0.29) is 0 Å². The third kappa shape index (κ3) is 7.04. The van der Waals surface area contributed by atoms with Gasteiger partial charge < -0.3 is 0 Å². The fourth-order valence-corrected chi connectivity index (χ4v) is 4.01. The second-order valence-electron chi connectivity index (χ2n) is 9.36. The average Bonchev–Trinajstić information content (AvgIpc) is 2.89. The molecule has 0 aliphatic heterocycles. The maximum atomic E-state index is 4.58. The molecule has 0 bridgehead atoms. The van der Waals surface area contributed by atoms with Crippen LogP contribution in [0.25, 0.3) is 33.2 Å². The van der Waals surface area contributed by atoms with Crippen molar-refractivity contribution in [3.63, 3.8) is 0 Å². The largest absolute Gasteiger partial charge is 0.258 e. The van der Waals surface area contributed by atoms with Crippen molar-refractivity contribution in [2.75, 3.05) is 0 Å². The van der Waals surface area contributed by atoms with Gasteiger partial charge in [0.05, 0.1) is 22.4 Å². The molecular weight excluding hydrogens is 466 g/mol. The van der Waals surface area contributed by atoms with Crippen LogP contribution in [-0.4, -0.2) is 24.9 Å². The zero-order valence-electron chi connectivity index (χ0n) is 22.9. The highest BCUT2D eigenvalue weighted by atomic mass is 14.8. The zero-order chi connectivity index (χ0) is 27.1. The molecule has 5 heteroatoms. The van der Waals surface area contributed by atoms with Gasteiger partial charge in [-0.1, -0.05) is 42.5 Å². The van der Waals surface area contributed by atoms with E-state index in [0.29, 0.717) is 0 Å². The van der Waals surface area contributed by atoms with Crippen molar-refractivity contribution >= 4 is 21.8 Å². The van der Waals surface area contributed by atoms with Crippen LogP contribution in [0, 0.1) is 41.5 Å². The highest BCUT2D eigenvalue weighted by Crippen LogP contribution is 2.22. The Hall–Kier alpha value is -4.51. The van der Waals surface area contributed by atoms with E-state index in [2.05, 4.69) is 49.2 Å². The first-order valence-electron chi connectivity index (χ1n) is 12.7. The van der Waals surface area contributed by atoms with Gasteiger partial charge in [0.2, 0.25) is 0 Å². The van der Waals surface area contributed by atoms with Gasteiger partial charge in [0.15, 0.2) is 0 Å². The minimum atomic E-state index is 0.939. The minimum absolute atomic E-state index is 0.939. The first kappa shape index (κ1) is 26.6. The fraction of sp³-hybridized carbons (Fsp3) is 0.182. The molecule has 0 amide bonds. The molecular formula is C33H33N5. The van der Waals surface area contributed by atoms with E-state index in [1.54, 1.807) is 0 Å². The predicted octanol–water partition coefficient (Wildman–Crippen LogP) is 7.86. The molecule has 38 heavy (non-hydrogen) atoms. The summed E-state index contributed by atoms with van der Waals surface area (Å²) in [5, 5.41) is 2.30. The lowest BCUT2D eigenvalue weighted by atomic mass is 10.1. The van der Waals surface area contributed by atoms with Crippen LogP contribution in [0.3, 0.4) is 0 Å². The molecule has 0 aliphatic rings. The van der Waals surface area contributed by atoms with E-state index in [4.69, 9.17) is 0 Å². The number of rotatable bonds is 1. The highest BCUT2D eigenvalue weighted by molar-refractivity contribution is 6.02. The molecule has 0 fully saturated rings. The summed E-state index contributed by atoms with van der Waals surface area (Å²) in [6.07, 6.45) is 0. The molecule has 0 saturated heterocycles. The molecule has 0 aliphatic carbocycles. The lowest BCUT2D eigenvalue weighted by Crippen LogP contribution is -1.90. The van der Waals surface area contributed by atoms with Crippen molar-refractivity contribution in [1.82, 2.24) is 24.9 Å². The van der Waals surface area contributed by atoms with Gasteiger partial charge in [-0.3, -0.25) is 24.9 Å².